The second-order valence-corrected chi connectivity index (χ2v) is 7.18. The number of hydrogen-bond donors (Lipinski definition) is 2. The Labute approximate surface area is 152 Å². The molecule has 4 rings (SSSR count). The van der Waals surface area contributed by atoms with Crippen molar-refractivity contribution >= 4 is 22.9 Å². The van der Waals surface area contributed by atoms with Gasteiger partial charge in [0.1, 0.15) is 12.2 Å². The van der Waals surface area contributed by atoms with Gasteiger partial charge in [-0.2, -0.15) is 0 Å². The second kappa shape index (κ2) is 7.19. The number of aryl methyl sites for hydroxylation is 2. The minimum absolute atomic E-state index is 0.149. The van der Waals surface area contributed by atoms with Crippen molar-refractivity contribution in [1.29, 1.82) is 0 Å². The summed E-state index contributed by atoms with van der Waals surface area (Å²) in [5.41, 5.74) is 1.59. The summed E-state index contributed by atoms with van der Waals surface area (Å²) >= 11 is 0. The Morgan fingerprint density at radius 2 is 2.19 bits per heavy atom. The van der Waals surface area contributed by atoms with Crippen molar-refractivity contribution in [3.63, 3.8) is 0 Å². The van der Waals surface area contributed by atoms with Crippen molar-refractivity contribution in [2.45, 2.75) is 51.6 Å². The number of carbonyl (C=O) groups excluding carboxylic acids is 1. The van der Waals surface area contributed by atoms with Gasteiger partial charge in [0.2, 0.25) is 5.91 Å². The molecule has 8 nitrogen and oxygen atoms in total. The molecule has 2 aliphatic rings. The maximum absolute atomic E-state index is 12.2. The number of aliphatic hydroxyl groups excluding tert-OH is 1. The fourth-order valence-electron chi connectivity index (χ4n) is 3.71. The van der Waals surface area contributed by atoms with E-state index in [4.69, 9.17) is 10.1 Å². The van der Waals surface area contributed by atoms with E-state index < -0.39 is 0 Å². The first-order chi connectivity index (χ1) is 12.7. The van der Waals surface area contributed by atoms with E-state index in [1.54, 1.807) is 6.33 Å². The van der Waals surface area contributed by atoms with E-state index in [1.165, 1.54) is 0 Å². The smallest absolute Gasteiger partial charge is 0.225 e. The number of rotatable bonds is 7. The summed E-state index contributed by atoms with van der Waals surface area (Å²) in [6.45, 7) is 4.54. The van der Waals surface area contributed by atoms with Crippen molar-refractivity contribution in [2.75, 3.05) is 25.0 Å². The van der Waals surface area contributed by atoms with Crippen LogP contribution in [0, 0.1) is 5.92 Å². The highest BCUT2D eigenvalue weighted by molar-refractivity contribution is 5.84. The van der Waals surface area contributed by atoms with Gasteiger partial charge in [0.15, 0.2) is 17.0 Å². The molecule has 3 heterocycles. The summed E-state index contributed by atoms with van der Waals surface area (Å²) < 4.78 is 2.08. The SMILES string of the molecule is CCn1c(CCCO)nc2c(NC3CCN(C(=O)C4CC4)C3)ncnc21. The Balaban J connectivity index is 1.53. The van der Waals surface area contributed by atoms with Crippen molar-refractivity contribution in [2.24, 2.45) is 5.92 Å². The molecule has 1 atom stereocenters. The van der Waals surface area contributed by atoms with E-state index in [2.05, 4.69) is 26.8 Å². The topological polar surface area (TPSA) is 96.2 Å². The van der Waals surface area contributed by atoms with Crippen molar-refractivity contribution < 1.29 is 9.90 Å². The molecule has 0 aromatic carbocycles. The molecule has 2 aromatic heterocycles. The number of aliphatic hydroxyl groups is 1. The first kappa shape index (κ1) is 17.2. The van der Waals surface area contributed by atoms with Crippen LogP contribution in [-0.4, -0.2) is 61.2 Å². The number of nitrogens with one attached hydrogen (secondary N) is 1. The van der Waals surface area contributed by atoms with Crippen LogP contribution in [0.5, 0.6) is 0 Å². The molecule has 1 saturated carbocycles. The average Bonchev–Trinajstić information content (AvgIpc) is 3.29. The molecule has 1 saturated heterocycles. The maximum atomic E-state index is 12.2. The molecule has 26 heavy (non-hydrogen) atoms. The lowest BCUT2D eigenvalue weighted by atomic mass is 10.2. The van der Waals surface area contributed by atoms with E-state index >= 15 is 0 Å². The predicted octanol–water partition coefficient (Wildman–Crippen LogP) is 1.19. The van der Waals surface area contributed by atoms with Gasteiger partial charge in [0.05, 0.1) is 0 Å². The van der Waals surface area contributed by atoms with Gasteiger partial charge in [-0.25, -0.2) is 15.0 Å². The Morgan fingerprint density at radius 1 is 1.35 bits per heavy atom. The van der Waals surface area contributed by atoms with Gasteiger partial charge in [-0.3, -0.25) is 4.79 Å². The van der Waals surface area contributed by atoms with E-state index in [9.17, 15) is 4.79 Å². The third-order valence-electron chi connectivity index (χ3n) is 5.25. The molecular weight excluding hydrogens is 332 g/mol. The Hall–Kier alpha value is -2.22. The lowest BCUT2D eigenvalue weighted by Crippen LogP contribution is -2.32. The summed E-state index contributed by atoms with van der Waals surface area (Å²) in [5.74, 6) is 2.24. The average molecular weight is 358 g/mol. The van der Waals surface area contributed by atoms with E-state index in [0.29, 0.717) is 18.7 Å². The van der Waals surface area contributed by atoms with Gasteiger partial charge in [-0.15, -0.1) is 0 Å². The molecule has 2 N–H and O–H groups in total. The van der Waals surface area contributed by atoms with Gasteiger partial charge < -0.3 is 19.9 Å². The van der Waals surface area contributed by atoms with Crippen LogP contribution in [0.15, 0.2) is 6.33 Å². The molecule has 1 aliphatic carbocycles. The van der Waals surface area contributed by atoms with Crippen molar-refractivity contribution in [3.05, 3.63) is 12.2 Å². The van der Waals surface area contributed by atoms with Gasteiger partial charge >= 0.3 is 0 Å². The van der Waals surface area contributed by atoms with Gasteiger partial charge in [0.25, 0.3) is 0 Å². The number of likely N-dealkylation sites (tertiary alicyclic amines) is 1. The highest BCUT2D eigenvalue weighted by atomic mass is 16.3. The van der Waals surface area contributed by atoms with Crippen LogP contribution in [-0.2, 0) is 17.8 Å². The number of anilines is 1. The molecule has 0 bridgehead atoms. The Kier molecular flexibility index (Phi) is 4.76. The van der Waals surface area contributed by atoms with Gasteiger partial charge in [-0.1, -0.05) is 0 Å². The van der Waals surface area contributed by atoms with Crippen LogP contribution in [0.3, 0.4) is 0 Å². The number of aromatic nitrogens is 4. The van der Waals surface area contributed by atoms with Crippen molar-refractivity contribution in [3.8, 4) is 0 Å². The maximum Gasteiger partial charge on any atom is 0.225 e. The molecule has 2 fully saturated rings. The highest BCUT2D eigenvalue weighted by Crippen LogP contribution is 2.32. The monoisotopic (exact) mass is 358 g/mol. The predicted molar refractivity (Wildman–Crippen MR) is 97.7 cm³/mol. The van der Waals surface area contributed by atoms with Crippen LogP contribution >= 0.6 is 0 Å². The Morgan fingerprint density at radius 3 is 2.92 bits per heavy atom. The van der Waals surface area contributed by atoms with Crippen LogP contribution in [0.2, 0.25) is 0 Å². The molecule has 1 aliphatic heterocycles. The minimum atomic E-state index is 0.149. The summed E-state index contributed by atoms with van der Waals surface area (Å²) in [5, 5.41) is 12.6. The lowest BCUT2D eigenvalue weighted by molar-refractivity contribution is -0.131. The summed E-state index contributed by atoms with van der Waals surface area (Å²) in [6.07, 6.45) is 5.98. The number of imidazole rings is 1. The largest absolute Gasteiger partial charge is 0.396 e. The minimum Gasteiger partial charge on any atom is -0.396 e. The fraction of sp³-hybridized carbons (Fsp3) is 0.667. The van der Waals surface area contributed by atoms with E-state index in [-0.39, 0.29) is 18.6 Å². The summed E-state index contributed by atoms with van der Waals surface area (Å²) in [4.78, 5) is 27.8. The Bertz CT molecular complexity index is 800. The first-order valence-corrected chi connectivity index (χ1v) is 9.57. The molecule has 2 aromatic rings. The summed E-state index contributed by atoms with van der Waals surface area (Å²) in [7, 11) is 0. The summed E-state index contributed by atoms with van der Waals surface area (Å²) in [6, 6.07) is 0.198. The van der Waals surface area contributed by atoms with Crippen LogP contribution in [0.4, 0.5) is 5.82 Å². The third kappa shape index (κ3) is 3.25. The van der Waals surface area contributed by atoms with Crippen molar-refractivity contribution in [1.82, 2.24) is 24.4 Å². The second-order valence-electron chi connectivity index (χ2n) is 7.18. The zero-order valence-electron chi connectivity index (χ0n) is 15.2. The number of fused-ring (bicyclic) bond motifs is 1. The zero-order chi connectivity index (χ0) is 18.1. The third-order valence-corrected chi connectivity index (χ3v) is 5.25. The molecule has 140 valence electrons. The fourth-order valence-corrected chi connectivity index (χ4v) is 3.71. The van der Waals surface area contributed by atoms with E-state index in [1.807, 2.05) is 4.90 Å². The highest BCUT2D eigenvalue weighted by Gasteiger charge is 2.36. The zero-order valence-corrected chi connectivity index (χ0v) is 15.2. The molecule has 1 unspecified atom stereocenters. The molecule has 1 amide bonds. The van der Waals surface area contributed by atoms with Gasteiger partial charge in [0, 0.05) is 44.6 Å². The lowest BCUT2D eigenvalue weighted by Gasteiger charge is -2.17. The number of nitrogens with zero attached hydrogens (tertiary/aromatic N) is 5. The first-order valence-electron chi connectivity index (χ1n) is 9.57. The number of hydrogen-bond acceptors (Lipinski definition) is 6. The normalized spacial score (nSPS) is 20.1. The van der Waals surface area contributed by atoms with Gasteiger partial charge in [-0.05, 0) is 32.6 Å². The molecular formula is C18H26N6O2. The van der Waals surface area contributed by atoms with Crippen LogP contribution < -0.4 is 5.32 Å². The van der Waals surface area contributed by atoms with E-state index in [0.717, 1.165) is 61.7 Å². The molecule has 0 radical (unpaired) electrons. The quantitative estimate of drug-likeness (QED) is 0.772. The standard InChI is InChI=1S/C18H26N6O2/c1-2-24-14(4-3-9-25)22-15-16(19-11-20-17(15)24)21-13-7-8-23(10-13)18(26)12-5-6-12/h11-13,25H,2-10H2,1H3,(H,19,20,21). The van der Waals surface area contributed by atoms with Crippen LogP contribution in [0.25, 0.3) is 11.2 Å². The number of carbonyl (C=O) groups is 1. The van der Waals surface area contributed by atoms with Crippen LogP contribution in [0.1, 0.15) is 38.4 Å². The molecule has 8 heteroatoms. The molecule has 0 spiro atoms. The number of amides is 1.